The van der Waals surface area contributed by atoms with Gasteiger partial charge in [-0.05, 0) is 13.0 Å². The molecule has 0 unspecified atom stereocenters. The molecule has 4 heterocycles. The molecule has 2 fully saturated rings. The van der Waals surface area contributed by atoms with Gasteiger partial charge in [-0.15, -0.1) is 0 Å². The molecule has 0 radical (unpaired) electrons. The summed E-state index contributed by atoms with van der Waals surface area (Å²) in [5, 5.41) is 0. The molecule has 4 rings (SSSR count). The fourth-order valence-electron chi connectivity index (χ4n) is 3.42. The number of morpholine rings is 2. The first-order valence-electron chi connectivity index (χ1n) is 9.59. The predicted octanol–water partition coefficient (Wildman–Crippen LogP) is 1.60. The van der Waals surface area contributed by atoms with Gasteiger partial charge < -0.3 is 25.0 Å². The van der Waals surface area contributed by atoms with Gasteiger partial charge in [0.1, 0.15) is 5.82 Å². The third-order valence-electron chi connectivity index (χ3n) is 5.00. The van der Waals surface area contributed by atoms with Crippen LogP contribution < -0.4 is 15.5 Å². The molecule has 162 valence electrons. The maximum Gasteiger partial charge on any atom is 0.417 e. The monoisotopic (exact) mass is 425 g/mol. The highest BCUT2D eigenvalue weighted by Crippen LogP contribution is 2.37. The van der Waals surface area contributed by atoms with Crippen molar-refractivity contribution in [3.63, 3.8) is 0 Å². The summed E-state index contributed by atoms with van der Waals surface area (Å²) in [5.41, 5.74) is 4.33. The van der Waals surface area contributed by atoms with Gasteiger partial charge in [-0.3, -0.25) is 0 Å². The minimum atomic E-state index is -4.63. The fraction of sp³-hybridized carbons (Fsp3) is 0.556. The highest BCUT2D eigenvalue weighted by molar-refractivity contribution is 5.64. The van der Waals surface area contributed by atoms with E-state index in [4.69, 9.17) is 15.2 Å². The number of anilines is 3. The predicted molar refractivity (Wildman–Crippen MR) is 103 cm³/mol. The van der Waals surface area contributed by atoms with Crippen LogP contribution in [0.5, 0.6) is 0 Å². The molecular weight excluding hydrogens is 403 g/mol. The first-order valence-corrected chi connectivity index (χ1v) is 9.59. The third kappa shape index (κ3) is 4.24. The number of nitrogens with zero attached hydrogens (tertiary/aromatic N) is 6. The number of rotatable bonds is 3. The molecule has 0 saturated carbocycles. The normalized spacial score (nSPS) is 20.5. The second kappa shape index (κ2) is 8.19. The van der Waals surface area contributed by atoms with Crippen LogP contribution in [0.1, 0.15) is 12.5 Å². The maximum atomic E-state index is 13.7. The van der Waals surface area contributed by atoms with Gasteiger partial charge in [-0.2, -0.15) is 28.1 Å². The lowest BCUT2D eigenvalue weighted by atomic mass is 10.1. The molecule has 0 spiro atoms. The van der Waals surface area contributed by atoms with Gasteiger partial charge in [0.25, 0.3) is 0 Å². The van der Waals surface area contributed by atoms with E-state index in [1.54, 1.807) is 0 Å². The molecule has 9 nitrogen and oxygen atoms in total. The smallest absolute Gasteiger partial charge is 0.384 e. The van der Waals surface area contributed by atoms with E-state index in [0.717, 1.165) is 12.3 Å². The Kier molecular flexibility index (Phi) is 5.60. The van der Waals surface area contributed by atoms with Crippen LogP contribution in [-0.4, -0.2) is 72.0 Å². The van der Waals surface area contributed by atoms with Crippen molar-refractivity contribution in [1.82, 2.24) is 19.9 Å². The highest BCUT2D eigenvalue weighted by atomic mass is 19.4. The Morgan fingerprint density at radius 3 is 2.43 bits per heavy atom. The van der Waals surface area contributed by atoms with Crippen molar-refractivity contribution in [2.45, 2.75) is 19.1 Å². The molecule has 30 heavy (non-hydrogen) atoms. The minimum absolute atomic E-state index is 0.0295. The van der Waals surface area contributed by atoms with Crippen LogP contribution >= 0.6 is 0 Å². The Morgan fingerprint density at radius 1 is 1.03 bits per heavy atom. The summed E-state index contributed by atoms with van der Waals surface area (Å²) in [4.78, 5) is 20.9. The summed E-state index contributed by atoms with van der Waals surface area (Å²) in [6.45, 7) is 5.48. The van der Waals surface area contributed by atoms with Crippen molar-refractivity contribution in [2.24, 2.45) is 0 Å². The number of nitrogen functional groups attached to an aromatic ring is 1. The zero-order chi connectivity index (χ0) is 21.3. The lowest BCUT2D eigenvalue weighted by molar-refractivity contribution is -0.137. The van der Waals surface area contributed by atoms with Crippen LogP contribution in [0.2, 0.25) is 0 Å². The van der Waals surface area contributed by atoms with Crippen molar-refractivity contribution in [3.05, 3.63) is 17.8 Å². The average Bonchev–Trinajstić information content (AvgIpc) is 2.74. The van der Waals surface area contributed by atoms with Crippen LogP contribution in [-0.2, 0) is 15.7 Å². The molecule has 1 atom stereocenters. The number of pyridine rings is 1. The van der Waals surface area contributed by atoms with Crippen LogP contribution in [0, 0.1) is 0 Å². The number of alkyl halides is 3. The van der Waals surface area contributed by atoms with Gasteiger partial charge in [0.15, 0.2) is 5.82 Å². The SMILES string of the molecule is C[C@@H]1COCCN1c1nc(-c2cnc(N)cc2C(F)(F)F)nc(N2CCOCC2)n1. The third-order valence-corrected chi connectivity index (χ3v) is 5.00. The van der Waals surface area contributed by atoms with Gasteiger partial charge in [0, 0.05) is 25.8 Å². The van der Waals surface area contributed by atoms with Crippen molar-refractivity contribution < 1.29 is 22.6 Å². The number of nitrogens with two attached hydrogens (primary N) is 1. The number of ether oxygens (including phenoxy) is 2. The minimum Gasteiger partial charge on any atom is -0.384 e. The molecule has 2 aliphatic rings. The van der Waals surface area contributed by atoms with Crippen LogP contribution in [0.25, 0.3) is 11.4 Å². The van der Waals surface area contributed by atoms with Gasteiger partial charge in [-0.1, -0.05) is 0 Å². The first-order chi connectivity index (χ1) is 14.3. The molecule has 0 aromatic carbocycles. The Labute approximate surface area is 171 Å². The van der Waals surface area contributed by atoms with Crippen LogP contribution in [0.4, 0.5) is 30.9 Å². The van der Waals surface area contributed by atoms with E-state index in [1.807, 2.05) is 16.7 Å². The van der Waals surface area contributed by atoms with E-state index < -0.39 is 11.7 Å². The van der Waals surface area contributed by atoms with Gasteiger partial charge in [0.05, 0.1) is 43.6 Å². The van der Waals surface area contributed by atoms with E-state index >= 15 is 0 Å². The van der Waals surface area contributed by atoms with E-state index in [0.29, 0.717) is 58.0 Å². The van der Waals surface area contributed by atoms with Gasteiger partial charge in [0.2, 0.25) is 11.9 Å². The van der Waals surface area contributed by atoms with Crippen LogP contribution in [0.3, 0.4) is 0 Å². The second-order valence-electron chi connectivity index (χ2n) is 7.13. The standard InChI is InChI=1S/C18H22F3N7O2/c1-11-10-30-7-4-28(11)17-25-15(24-16(26-17)27-2-5-29-6-3-27)12-9-23-14(22)8-13(12)18(19,20)21/h8-9,11H,2-7,10H2,1H3,(H2,22,23)/t11-/m1/s1. The summed E-state index contributed by atoms with van der Waals surface area (Å²) in [7, 11) is 0. The molecule has 0 bridgehead atoms. The van der Waals surface area contributed by atoms with E-state index in [2.05, 4.69) is 19.9 Å². The summed E-state index contributed by atoms with van der Waals surface area (Å²) < 4.78 is 51.9. The zero-order valence-electron chi connectivity index (χ0n) is 16.4. The van der Waals surface area contributed by atoms with Gasteiger partial charge >= 0.3 is 6.18 Å². The van der Waals surface area contributed by atoms with Crippen molar-refractivity contribution in [3.8, 4) is 11.4 Å². The quantitative estimate of drug-likeness (QED) is 0.785. The summed E-state index contributed by atoms with van der Waals surface area (Å²) in [5.74, 6) is 0.291. The number of aromatic nitrogens is 4. The molecule has 2 aromatic rings. The summed E-state index contributed by atoms with van der Waals surface area (Å²) in [6.07, 6.45) is -3.58. The Bertz CT molecular complexity index is 906. The second-order valence-corrected chi connectivity index (χ2v) is 7.13. The molecular formula is C18H22F3N7O2. The Morgan fingerprint density at radius 2 is 1.73 bits per heavy atom. The number of halogens is 3. The highest BCUT2D eigenvalue weighted by Gasteiger charge is 2.36. The van der Waals surface area contributed by atoms with Crippen LogP contribution in [0.15, 0.2) is 12.3 Å². The van der Waals surface area contributed by atoms with Gasteiger partial charge in [-0.25, -0.2) is 4.98 Å². The van der Waals surface area contributed by atoms with Crippen molar-refractivity contribution in [1.29, 1.82) is 0 Å². The molecule has 12 heteroatoms. The molecule has 0 aliphatic carbocycles. The largest absolute Gasteiger partial charge is 0.417 e. The fourth-order valence-corrected chi connectivity index (χ4v) is 3.42. The topological polar surface area (TPSA) is 103 Å². The molecule has 2 aromatic heterocycles. The van der Waals surface area contributed by atoms with E-state index in [1.165, 1.54) is 0 Å². The molecule has 2 saturated heterocycles. The first kappa shape index (κ1) is 20.5. The van der Waals surface area contributed by atoms with E-state index in [-0.39, 0.29) is 23.2 Å². The lowest BCUT2D eigenvalue weighted by Gasteiger charge is -2.34. The number of hydrogen-bond donors (Lipinski definition) is 1. The molecule has 2 N–H and O–H groups in total. The summed E-state index contributed by atoms with van der Waals surface area (Å²) >= 11 is 0. The molecule has 2 aliphatic heterocycles. The van der Waals surface area contributed by atoms with Crippen molar-refractivity contribution >= 4 is 17.7 Å². The average molecular weight is 425 g/mol. The maximum absolute atomic E-state index is 13.7. The number of hydrogen-bond acceptors (Lipinski definition) is 9. The van der Waals surface area contributed by atoms with E-state index in [9.17, 15) is 13.2 Å². The van der Waals surface area contributed by atoms with Crippen molar-refractivity contribution in [2.75, 3.05) is 61.6 Å². The lowest BCUT2D eigenvalue weighted by Crippen LogP contribution is -2.45. The Hall–Kier alpha value is -2.73. The molecule has 0 amide bonds. The summed E-state index contributed by atoms with van der Waals surface area (Å²) in [6, 6.07) is 0.767. The zero-order valence-corrected chi connectivity index (χ0v) is 16.4. The Balaban J connectivity index is 1.84.